The van der Waals surface area contributed by atoms with Crippen molar-refractivity contribution in [3.05, 3.63) is 262 Å². The van der Waals surface area contributed by atoms with Gasteiger partial charge in [-0.05, 0) is 175 Å². The van der Waals surface area contributed by atoms with E-state index in [1.807, 2.05) is 22.7 Å². The van der Waals surface area contributed by atoms with E-state index in [0.717, 1.165) is 84.6 Å². The second kappa shape index (κ2) is 17.5. The van der Waals surface area contributed by atoms with Crippen molar-refractivity contribution in [3.63, 3.8) is 0 Å². The lowest BCUT2D eigenvalue weighted by Crippen LogP contribution is -2.16. The van der Waals surface area contributed by atoms with E-state index in [9.17, 15) is 0 Å². The van der Waals surface area contributed by atoms with Crippen LogP contribution in [0, 0.1) is 0 Å². The quantitative estimate of drug-likeness (QED) is 0.159. The van der Waals surface area contributed by atoms with E-state index in [0.29, 0.717) is 0 Å². The lowest BCUT2D eigenvalue weighted by molar-refractivity contribution is 0.637. The topological polar surface area (TPSA) is 29.5 Å². The van der Waals surface area contributed by atoms with Crippen molar-refractivity contribution in [2.24, 2.45) is 0 Å². The zero-order valence-corrected chi connectivity index (χ0v) is 49.1. The van der Waals surface area contributed by atoms with E-state index in [-0.39, 0.29) is 22.7 Å². The van der Waals surface area contributed by atoms with Gasteiger partial charge in [-0.25, -0.2) is 0 Å². The molecule has 18 rings (SSSR count). The molecule has 4 aromatic heterocycles. The number of nitrogens with zero attached hydrogens (tertiary/aromatic N) is 1. The summed E-state index contributed by atoms with van der Waals surface area (Å²) in [6.45, 7) is 11.9. The van der Waals surface area contributed by atoms with Gasteiger partial charge < -0.3 is 13.7 Å². The van der Waals surface area contributed by atoms with Crippen LogP contribution in [0.1, 0.15) is 102 Å². The predicted octanol–water partition coefficient (Wildman–Crippen LogP) is 23.2. The molecule has 0 radical (unpaired) electrons. The average Bonchev–Trinajstić information content (AvgIpc) is 2.37. The summed E-state index contributed by atoms with van der Waals surface area (Å²) in [7, 11) is 0. The van der Waals surface area contributed by atoms with Crippen LogP contribution >= 0.6 is 22.7 Å². The highest BCUT2D eigenvalue weighted by Crippen LogP contribution is 2.54. The van der Waals surface area contributed by atoms with Crippen molar-refractivity contribution in [2.75, 3.05) is 4.90 Å². The second-order valence-electron chi connectivity index (χ2n) is 25.1. The van der Waals surface area contributed by atoms with Crippen molar-refractivity contribution in [1.82, 2.24) is 0 Å². The molecule has 0 spiro atoms. The summed E-state index contributed by atoms with van der Waals surface area (Å²) in [5.74, 6) is 0.235. The number of benzene rings is 11. The maximum absolute atomic E-state index is 6.94. The Morgan fingerprint density at radius 2 is 0.929 bits per heavy atom. The Morgan fingerprint density at radius 1 is 0.405 bits per heavy atom. The number of rotatable bonds is 7. The van der Waals surface area contributed by atoms with Gasteiger partial charge in [-0.3, -0.25) is 0 Å². The standard InChI is InChI=1S/C79H57NO2S2/c1-44(77(47-24-30-61-59-16-8-12-20-73(59)83-75(61)40-47)46-23-28-55-53-14-6-10-18-65(53)78(2,3)67(55)36-46)45-22-29-57-63-34-48-35-64-58-32-26-51(42-72(58)82-71(64)39-49(48)38-70(63)81-69(57)37-45)80(52-27-33-62-60-17-9-13-21-74(60)84-76(62)43-52)50-25-31-56-54-15-7-11-19-66(54)79(4,5)68(56)41-50/h6-12,14-20,22-44,77H,13,21H2,1-5H3/t44-,77?/m0/s1. The summed E-state index contributed by atoms with van der Waals surface area (Å²) in [6, 6.07) is 78.1. The molecule has 15 aromatic rings. The molecule has 0 fully saturated rings. The van der Waals surface area contributed by atoms with Gasteiger partial charge in [-0.1, -0.05) is 168 Å². The second-order valence-corrected chi connectivity index (χ2v) is 27.3. The van der Waals surface area contributed by atoms with Crippen molar-refractivity contribution in [3.8, 4) is 22.3 Å². The highest BCUT2D eigenvalue weighted by Gasteiger charge is 2.38. The molecule has 0 bridgehead atoms. The van der Waals surface area contributed by atoms with Gasteiger partial charge in [0, 0.05) is 96.6 Å². The summed E-state index contributed by atoms with van der Waals surface area (Å²) in [5, 5.41) is 10.7. The van der Waals surface area contributed by atoms with Gasteiger partial charge >= 0.3 is 0 Å². The van der Waals surface area contributed by atoms with E-state index in [1.54, 1.807) is 0 Å². The van der Waals surface area contributed by atoms with E-state index in [4.69, 9.17) is 8.83 Å². The van der Waals surface area contributed by atoms with E-state index >= 15 is 0 Å². The molecule has 11 aromatic carbocycles. The SMILES string of the molecule is C[C@@H](c1ccc2c(c1)oc1cc3cc4oc5cc(N(c6ccc7c(c6)C(C)(C)c6ccccc6-7)c6ccc7c8c(sc7c6)CCC=C8)ccc5c4cc3cc12)C(c1ccc2c(c1)C(C)(C)c1ccccc1-2)c1ccc2c(c1)sc1ccccc12. The minimum atomic E-state index is -0.132. The average molecular weight is 1120 g/mol. The highest BCUT2D eigenvalue weighted by molar-refractivity contribution is 7.25. The molecule has 4 heterocycles. The fourth-order valence-corrected chi connectivity index (χ4v) is 17.8. The van der Waals surface area contributed by atoms with Crippen molar-refractivity contribution in [2.45, 2.75) is 70.1 Å². The first-order chi connectivity index (χ1) is 41.0. The number of aryl methyl sites for hydroxylation is 1. The number of anilines is 3. The minimum absolute atomic E-state index is 0.0989. The Hall–Kier alpha value is -9.00. The molecule has 0 N–H and O–H groups in total. The third-order valence-electron chi connectivity index (χ3n) is 19.7. The molecular weight excluding hydrogens is 1060 g/mol. The van der Waals surface area contributed by atoms with Crippen molar-refractivity contribution in [1.29, 1.82) is 0 Å². The zero-order chi connectivity index (χ0) is 55.9. The molecule has 1 unspecified atom stereocenters. The number of hydrogen-bond donors (Lipinski definition) is 0. The van der Waals surface area contributed by atoms with Crippen LogP contribution in [0.25, 0.3) is 113 Å². The van der Waals surface area contributed by atoms with Crippen LogP contribution in [-0.2, 0) is 17.3 Å². The van der Waals surface area contributed by atoms with Crippen LogP contribution < -0.4 is 4.90 Å². The van der Waals surface area contributed by atoms with Gasteiger partial charge in [0.1, 0.15) is 22.3 Å². The maximum Gasteiger partial charge on any atom is 0.137 e. The number of allylic oxidation sites excluding steroid dienone is 1. The Morgan fingerprint density at radius 3 is 1.69 bits per heavy atom. The van der Waals surface area contributed by atoms with Crippen LogP contribution in [0.3, 0.4) is 0 Å². The third-order valence-corrected chi connectivity index (χ3v) is 22.1. The molecule has 3 aliphatic carbocycles. The smallest absolute Gasteiger partial charge is 0.137 e. The van der Waals surface area contributed by atoms with Gasteiger partial charge in [-0.2, -0.15) is 0 Å². The summed E-state index contributed by atoms with van der Waals surface area (Å²) in [6.07, 6.45) is 6.85. The molecule has 0 saturated heterocycles. The zero-order valence-electron chi connectivity index (χ0n) is 47.4. The van der Waals surface area contributed by atoms with Crippen molar-refractivity contribution < 1.29 is 8.83 Å². The lowest BCUT2D eigenvalue weighted by atomic mass is 9.75. The molecule has 0 amide bonds. The van der Waals surface area contributed by atoms with Gasteiger partial charge in [0.15, 0.2) is 0 Å². The Kier molecular flexibility index (Phi) is 10.1. The monoisotopic (exact) mass is 1120 g/mol. The molecule has 402 valence electrons. The Balaban J connectivity index is 0.724. The van der Waals surface area contributed by atoms with E-state index in [1.165, 1.54) is 102 Å². The van der Waals surface area contributed by atoms with Gasteiger partial charge in [0.05, 0.1) is 0 Å². The molecule has 3 nitrogen and oxygen atoms in total. The molecule has 2 atom stereocenters. The van der Waals surface area contributed by atoms with Crippen molar-refractivity contribution >= 4 is 131 Å². The number of furan rings is 2. The van der Waals surface area contributed by atoms with Gasteiger partial charge in [0.25, 0.3) is 0 Å². The summed E-state index contributed by atoms with van der Waals surface area (Å²) in [5.41, 5.74) is 22.8. The Labute approximate surface area is 495 Å². The molecule has 0 saturated carbocycles. The number of thiophene rings is 2. The molecule has 84 heavy (non-hydrogen) atoms. The first-order valence-corrected chi connectivity index (χ1v) is 31.3. The largest absolute Gasteiger partial charge is 0.456 e. The fourth-order valence-electron chi connectivity index (χ4n) is 15.4. The van der Waals surface area contributed by atoms with E-state index in [2.05, 4.69) is 258 Å². The van der Waals surface area contributed by atoms with Crippen LogP contribution in [0.15, 0.2) is 221 Å². The van der Waals surface area contributed by atoms with Gasteiger partial charge in [-0.15, -0.1) is 22.7 Å². The number of hydrogen-bond acceptors (Lipinski definition) is 5. The van der Waals surface area contributed by atoms with Crippen LogP contribution in [0.2, 0.25) is 0 Å². The summed E-state index contributed by atoms with van der Waals surface area (Å²) >= 11 is 3.84. The third kappa shape index (κ3) is 6.97. The summed E-state index contributed by atoms with van der Waals surface area (Å²) in [4.78, 5) is 3.91. The molecule has 3 aliphatic rings. The van der Waals surface area contributed by atoms with Crippen LogP contribution in [0.4, 0.5) is 17.1 Å². The predicted molar refractivity (Wildman–Crippen MR) is 357 cm³/mol. The minimum Gasteiger partial charge on any atom is -0.456 e. The first kappa shape index (κ1) is 48.5. The van der Waals surface area contributed by atoms with Crippen LogP contribution in [-0.4, -0.2) is 0 Å². The summed E-state index contributed by atoms with van der Waals surface area (Å²) < 4.78 is 17.8. The van der Waals surface area contributed by atoms with E-state index < -0.39 is 0 Å². The van der Waals surface area contributed by atoms with Gasteiger partial charge in [0.2, 0.25) is 0 Å². The Bertz CT molecular complexity index is 5380. The van der Waals surface area contributed by atoms with Crippen LogP contribution in [0.5, 0.6) is 0 Å². The first-order valence-electron chi connectivity index (χ1n) is 29.7. The lowest BCUT2D eigenvalue weighted by Gasteiger charge is -2.28. The number of fused-ring (bicyclic) bond motifs is 19. The normalized spacial score (nSPS) is 15.4. The molecular formula is C79H57NO2S2. The highest BCUT2D eigenvalue weighted by atomic mass is 32.1. The maximum atomic E-state index is 6.94. The molecule has 0 aliphatic heterocycles. The molecule has 5 heteroatoms. The fraction of sp³-hybridized carbons (Fsp3) is 0.139.